The molecule has 2 atom stereocenters. The van der Waals surface area contributed by atoms with Gasteiger partial charge in [0.1, 0.15) is 9.84 Å². The van der Waals surface area contributed by atoms with Crippen LogP contribution in [0.3, 0.4) is 0 Å². The van der Waals surface area contributed by atoms with Crippen LogP contribution in [0.5, 0.6) is 0 Å². The molecule has 0 saturated heterocycles. The van der Waals surface area contributed by atoms with Crippen molar-refractivity contribution in [2.24, 2.45) is 11.8 Å². The van der Waals surface area contributed by atoms with Gasteiger partial charge in [0, 0.05) is 12.3 Å². The Morgan fingerprint density at radius 2 is 2.00 bits per heavy atom. The monoisotopic (exact) mass is 233 g/mol. The molecule has 0 spiro atoms. The topological polar surface area (TPSA) is 46.2 Å². The average Bonchev–Trinajstić information content (AvgIpc) is 2.92. The summed E-state index contributed by atoms with van der Waals surface area (Å²) in [4.78, 5) is 0. The minimum Gasteiger partial charge on any atom is -0.314 e. The first-order valence-corrected chi connectivity index (χ1v) is 7.91. The van der Waals surface area contributed by atoms with E-state index in [9.17, 15) is 8.42 Å². The zero-order valence-corrected chi connectivity index (χ0v) is 10.8. The molecule has 0 amide bonds. The van der Waals surface area contributed by atoms with Crippen molar-refractivity contribution in [2.75, 3.05) is 18.6 Å². The van der Waals surface area contributed by atoms with E-state index in [0.29, 0.717) is 17.7 Å². The third kappa shape index (κ3) is 4.98. The van der Waals surface area contributed by atoms with Crippen molar-refractivity contribution in [3.63, 3.8) is 0 Å². The fraction of sp³-hybridized carbons (Fsp3) is 1.00. The van der Waals surface area contributed by atoms with Gasteiger partial charge in [-0.2, -0.15) is 0 Å². The third-order valence-electron chi connectivity index (χ3n) is 3.27. The van der Waals surface area contributed by atoms with Gasteiger partial charge in [0.2, 0.25) is 0 Å². The molecule has 0 heterocycles. The summed E-state index contributed by atoms with van der Waals surface area (Å²) in [5.41, 5.74) is 0. The number of hydrogen-bond donors (Lipinski definition) is 1. The molecule has 0 aromatic rings. The zero-order valence-electron chi connectivity index (χ0n) is 9.99. The van der Waals surface area contributed by atoms with Crippen LogP contribution in [-0.2, 0) is 9.84 Å². The highest BCUT2D eigenvalue weighted by Crippen LogP contribution is 2.38. The van der Waals surface area contributed by atoms with Crippen LogP contribution in [0.4, 0.5) is 0 Å². The first-order valence-electron chi connectivity index (χ1n) is 5.85. The minimum atomic E-state index is -2.82. The summed E-state index contributed by atoms with van der Waals surface area (Å²) < 4.78 is 22.2. The molecule has 15 heavy (non-hydrogen) atoms. The SMILES string of the molecule is CCNC(CCS(C)(=O)=O)C(C)C1CC1. The Morgan fingerprint density at radius 3 is 2.40 bits per heavy atom. The summed E-state index contributed by atoms with van der Waals surface area (Å²) in [6, 6.07) is 0.372. The first kappa shape index (κ1) is 13.0. The van der Waals surface area contributed by atoms with Gasteiger partial charge in [-0.15, -0.1) is 0 Å². The van der Waals surface area contributed by atoms with E-state index in [-0.39, 0.29) is 0 Å². The molecule has 90 valence electrons. The molecule has 2 unspecified atom stereocenters. The van der Waals surface area contributed by atoms with Crippen molar-refractivity contribution < 1.29 is 8.42 Å². The summed E-state index contributed by atoms with van der Waals surface area (Å²) in [6.07, 6.45) is 4.71. The highest BCUT2D eigenvalue weighted by atomic mass is 32.2. The molecule has 1 N–H and O–H groups in total. The zero-order chi connectivity index (χ0) is 11.5. The van der Waals surface area contributed by atoms with Crippen LogP contribution in [0, 0.1) is 11.8 Å². The second-order valence-corrected chi connectivity index (χ2v) is 7.04. The largest absolute Gasteiger partial charge is 0.314 e. The molecule has 0 bridgehead atoms. The van der Waals surface area contributed by atoms with E-state index in [1.54, 1.807) is 0 Å². The molecule has 1 rings (SSSR count). The molecule has 0 aliphatic heterocycles. The average molecular weight is 233 g/mol. The van der Waals surface area contributed by atoms with E-state index in [2.05, 4.69) is 19.2 Å². The van der Waals surface area contributed by atoms with Crippen molar-refractivity contribution in [2.45, 2.75) is 39.2 Å². The van der Waals surface area contributed by atoms with Crippen molar-refractivity contribution >= 4 is 9.84 Å². The fourth-order valence-corrected chi connectivity index (χ4v) is 2.79. The molecule has 1 aliphatic rings. The Labute approximate surface area is 93.6 Å². The molecule has 0 radical (unpaired) electrons. The Morgan fingerprint density at radius 1 is 1.40 bits per heavy atom. The molecule has 1 saturated carbocycles. The normalized spacial score (nSPS) is 21.3. The highest BCUT2D eigenvalue weighted by Gasteiger charge is 2.32. The number of sulfone groups is 1. The van der Waals surface area contributed by atoms with E-state index < -0.39 is 9.84 Å². The minimum absolute atomic E-state index is 0.307. The van der Waals surface area contributed by atoms with Crippen molar-refractivity contribution in [1.82, 2.24) is 5.32 Å². The van der Waals surface area contributed by atoms with E-state index in [1.165, 1.54) is 19.1 Å². The van der Waals surface area contributed by atoms with Gasteiger partial charge >= 0.3 is 0 Å². The predicted octanol–water partition coefficient (Wildman–Crippen LogP) is 1.45. The van der Waals surface area contributed by atoms with Gasteiger partial charge in [-0.1, -0.05) is 13.8 Å². The van der Waals surface area contributed by atoms with Crippen molar-refractivity contribution in [3.05, 3.63) is 0 Å². The quantitative estimate of drug-likeness (QED) is 0.724. The second kappa shape index (κ2) is 5.30. The fourth-order valence-electron chi connectivity index (χ4n) is 2.10. The smallest absolute Gasteiger partial charge is 0.147 e. The summed E-state index contributed by atoms with van der Waals surface area (Å²) in [7, 11) is -2.82. The Hall–Kier alpha value is -0.0900. The molecule has 1 fully saturated rings. The Bertz CT molecular complexity index is 283. The number of nitrogens with one attached hydrogen (secondary N) is 1. The van der Waals surface area contributed by atoms with Crippen LogP contribution in [0.2, 0.25) is 0 Å². The third-order valence-corrected chi connectivity index (χ3v) is 4.24. The lowest BCUT2D eigenvalue weighted by Crippen LogP contribution is -2.37. The highest BCUT2D eigenvalue weighted by molar-refractivity contribution is 7.90. The Kier molecular flexibility index (Phi) is 4.59. The van der Waals surface area contributed by atoms with Crippen LogP contribution in [0.1, 0.15) is 33.1 Å². The van der Waals surface area contributed by atoms with Crippen LogP contribution in [0.25, 0.3) is 0 Å². The van der Waals surface area contributed by atoms with Gasteiger partial charge < -0.3 is 5.32 Å². The molecule has 3 nitrogen and oxygen atoms in total. The van der Waals surface area contributed by atoms with Crippen molar-refractivity contribution in [1.29, 1.82) is 0 Å². The van der Waals surface area contributed by atoms with E-state index in [4.69, 9.17) is 0 Å². The molecule has 0 aromatic heterocycles. The molecule has 4 heteroatoms. The molecular formula is C11H23NO2S. The predicted molar refractivity (Wildman–Crippen MR) is 63.7 cm³/mol. The Balaban J connectivity index is 2.42. The summed E-state index contributed by atoms with van der Waals surface area (Å²) in [6.45, 7) is 5.24. The van der Waals surface area contributed by atoms with Crippen LogP contribution >= 0.6 is 0 Å². The van der Waals surface area contributed by atoms with E-state index in [0.717, 1.165) is 18.9 Å². The molecular weight excluding hydrogens is 210 g/mol. The summed E-state index contributed by atoms with van der Waals surface area (Å²) in [5, 5.41) is 3.41. The van der Waals surface area contributed by atoms with Gasteiger partial charge in [-0.25, -0.2) is 8.42 Å². The maximum atomic E-state index is 11.1. The van der Waals surface area contributed by atoms with E-state index in [1.807, 2.05) is 0 Å². The van der Waals surface area contributed by atoms with Crippen LogP contribution in [-0.4, -0.2) is 33.0 Å². The lowest BCUT2D eigenvalue weighted by atomic mass is 9.94. The van der Waals surface area contributed by atoms with E-state index >= 15 is 0 Å². The van der Waals surface area contributed by atoms with Crippen LogP contribution in [0.15, 0.2) is 0 Å². The summed E-state index contributed by atoms with van der Waals surface area (Å²) in [5.74, 6) is 1.75. The molecule has 1 aliphatic carbocycles. The first-order chi connectivity index (χ1) is 6.94. The standard InChI is InChI=1S/C11H23NO2S/c1-4-12-11(7-8-15(3,13)14)9(2)10-5-6-10/h9-12H,4-8H2,1-3H3. The summed E-state index contributed by atoms with van der Waals surface area (Å²) >= 11 is 0. The number of hydrogen-bond acceptors (Lipinski definition) is 3. The second-order valence-electron chi connectivity index (χ2n) is 4.78. The van der Waals surface area contributed by atoms with Crippen LogP contribution < -0.4 is 5.32 Å². The van der Waals surface area contributed by atoms with Gasteiger partial charge in [0.05, 0.1) is 5.75 Å². The van der Waals surface area contributed by atoms with Gasteiger partial charge in [-0.3, -0.25) is 0 Å². The number of rotatable bonds is 7. The lowest BCUT2D eigenvalue weighted by molar-refractivity contribution is 0.339. The maximum absolute atomic E-state index is 11.1. The lowest BCUT2D eigenvalue weighted by Gasteiger charge is -2.24. The molecule has 0 aromatic carbocycles. The van der Waals surface area contributed by atoms with Crippen molar-refractivity contribution in [3.8, 4) is 0 Å². The van der Waals surface area contributed by atoms with Gasteiger partial charge in [0.25, 0.3) is 0 Å². The van der Waals surface area contributed by atoms with Gasteiger partial charge in [-0.05, 0) is 37.6 Å². The maximum Gasteiger partial charge on any atom is 0.147 e. The van der Waals surface area contributed by atoms with Gasteiger partial charge in [0.15, 0.2) is 0 Å².